The highest BCUT2D eigenvalue weighted by Gasteiger charge is 2.59. The normalized spacial score (nSPS) is 33.8. The highest BCUT2D eigenvalue weighted by atomic mass is 16.5. The maximum absolute atomic E-state index is 12.9. The van der Waals surface area contributed by atoms with Gasteiger partial charge in [-0.2, -0.15) is 0 Å². The van der Waals surface area contributed by atoms with Gasteiger partial charge in [0.15, 0.2) is 0 Å². The van der Waals surface area contributed by atoms with Crippen LogP contribution in [-0.2, 0) is 14.3 Å². The number of ether oxygens (including phenoxy) is 1. The van der Waals surface area contributed by atoms with Crippen molar-refractivity contribution in [1.29, 1.82) is 0 Å². The van der Waals surface area contributed by atoms with Crippen molar-refractivity contribution in [3.63, 3.8) is 0 Å². The summed E-state index contributed by atoms with van der Waals surface area (Å²) in [6.07, 6.45) is 7.11. The average Bonchev–Trinajstić information content (AvgIpc) is 3.45. The minimum Gasteiger partial charge on any atom is -0.376 e. The van der Waals surface area contributed by atoms with Gasteiger partial charge in [-0.1, -0.05) is 18.2 Å². The molecule has 1 aromatic carbocycles. The number of nitrogens with zero attached hydrogens (tertiary/aromatic N) is 1. The molecule has 2 aliphatic carbocycles. The Kier molecular flexibility index (Phi) is 3.90. The number of benzene rings is 1. The van der Waals surface area contributed by atoms with E-state index in [1.54, 1.807) is 24.3 Å². The topological polar surface area (TPSA) is 75.7 Å². The van der Waals surface area contributed by atoms with E-state index < -0.39 is 0 Å². The molecule has 3 fully saturated rings. The predicted octanol–water partition coefficient (Wildman–Crippen LogP) is 1.91. The lowest BCUT2D eigenvalue weighted by Crippen LogP contribution is -2.34. The zero-order valence-corrected chi connectivity index (χ0v) is 15.0. The van der Waals surface area contributed by atoms with Crippen LogP contribution in [0.5, 0.6) is 0 Å². The molecule has 6 heteroatoms. The molecule has 2 heterocycles. The van der Waals surface area contributed by atoms with E-state index in [-0.39, 0.29) is 47.5 Å². The number of imide groups is 1. The third-order valence-electron chi connectivity index (χ3n) is 6.35. The summed E-state index contributed by atoms with van der Waals surface area (Å²) >= 11 is 0. The Morgan fingerprint density at radius 3 is 2.56 bits per heavy atom. The average molecular weight is 366 g/mol. The lowest BCUT2D eigenvalue weighted by Gasteiger charge is -2.18. The van der Waals surface area contributed by atoms with Crippen molar-refractivity contribution in [3.8, 4) is 0 Å². The van der Waals surface area contributed by atoms with Crippen molar-refractivity contribution in [2.75, 3.05) is 18.1 Å². The third-order valence-corrected chi connectivity index (χ3v) is 6.35. The molecule has 2 aliphatic heterocycles. The van der Waals surface area contributed by atoms with Crippen LogP contribution >= 0.6 is 0 Å². The Labute approximate surface area is 157 Å². The molecule has 140 valence electrons. The summed E-state index contributed by atoms with van der Waals surface area (Å²) < 4.78 is 5.52. The van der Waals surface area contributed by atoms with Crippen molar-refractivity contribution < 1.29 is 19.1 Å². The van der Waals surface area contributed by atoms with Gasteiger partial charge < -0.3 is 10.1 Å². The van der Waals surface area contributed by atoms with Gasteiger partial charge in [0.25, 0.3) is 5.91 Å². The Morgan fingerprint density at radius 1 is 1.15 bits per heavy atom. The summed E-state index contributed by atoms with van der Waals surface area (Å²) in [6, 6.07) is 6.78. The molecule has 1 saturated carbocycles. The molecule has 0 unspecified atom stereocenters. The van der Waals surface area contributed by atoms with E-state index in [4.69, 9.17) is 4.74 Å². The van der Waals surface area contributed by atoms with Crippen LogP contribution in [0.25, 0.3) is 0 Å². The van der Waals surface area contributed by atoms with Gasteiger partial charge in [-0.3, -0.25) is 14.4 Å². The number of hydrogen-bond acceptors (Lipinski definition) is 4. The largest absolute Gasteiger partial charge is 0.376 e. The molecule has 2 bridgehead atoms. The zero-order valence-electron chi connectivity index (χ0n) is 15.0. The number of hydrogen-bond donors (Lipinski definition) is 1. The summed E-state index contributed by atoms with van der Waals surface area (Å²) in [4.78, 5) is 39.6. The smallest absolute Gasteiger partial charge is 0.251 e. The predicted molar refractivity (Wildman–Crippen MR) is 98.0 cm³/mol. The second-order valence-electron chi connectivity index (χ2n) is 7.91. The Bertz CT molecular complexity index is 812. The standard InChI is InChI=1S/C21H22N2O4/c24-19(22-11-16-5-2-8-27-16)14-3-1-4-15(10-14)23-20(25)17-12-6-7-13(9-12)18(17)21(23)26/h1,3-4,6-7,10,12-13,16-18H,2,5,8-9,11H2,(H,22,24)/t12-,13+,16-,17-,18+/m0/s1. The minimum atomic E-state index is -0.232. The van der Waals surface area contributed by atoms with Crippen molar-refractivity contribution in [2.24, 2.45) is 23.7 Å². The molecule has 5 rings (SSSR count). The van der Waals surface area contributed by atoms with E-state index in [0.717, 1.165) is 25.9 Å². The summed E-state index contributed by atoms with van der Waals surface area (Å²) in [6.45, 7) is 1.22. The van der Waals surface area contributed by atoms with Crippen LogP contribution < -0.4 is 10.2 Å². The first kappa shape index (κ1) is 16.7. The van der Waals surface area contributed by atoms with Crippen molar-refractivity contribution in [3.05, 3.63) is 42.0 Å². The highest BCUT2D eigenvalue weighted by Crippen LogP contribution is 2.53. The Balaban J connectivity index is 1.34. The summed E-state index contributed by atoms with van der Waals surface area (Å²) in [7, 11) is 0. The molecule has 3 amide bonds. The number of nitrogens with one attached hydrogen (secondary N) is 1. The zero-order chi connectivity index (χ0) is 18.5. The second-order valence-corrected chi connectivity index (χ2v) is 7.91. The van der Waals surface area contributed by atoms with Crippen molar-refractivity contribution in [2.45, 2.75) is 25.4 Å². The molecule has 1 aromatic rings. The number of allylic oxidation sites excluding steroid dienone is 2. The SMILES string of the molecule is O=C(NC[C@@H]1CCCO1)c1cccc(N2C(=O)[C@@H]3[C@H](C2=O)[C@@H]2C=C[C@H]3C2)c1. The van der Waals surface area contributed by atoms with Gasteiger partial charge in [-0.25, -0.2) is 4.90 Å². The molecule has 6 nitrogen and oxygen atoms in total. The molecule has 1 N–H and O–H groups in total. The van der Waals surface area contributed by atoms with E-state index in [1.165, 1.54) is 4.90 Å². The van der Waals surface area contributed by atoms with E-state index in [9.17, 15) is 14.4 Å². The van der Waals surface area contributed by atoms with Crippen LogP contribution in [0, 0.1) is 23.7 Å². The van der Waals surface area contributed by atoms with E-state index in [1.807, 2.05) is 0 Å². The molecule has 4 aliphatic rings. The van der Waals surface area contributed by atoms with E-state index in [2.05, 4.69) is 17.5 Å². The fourth-order valence-corrected chi connectivity index (χ4v) is 5.06. The molecule has 2 saturated heterocycles. The van der Waals surface area contributed by atoms with Gasteiger partial charge in [-0.15, -0.1) is 0 Å². The van der Waals surface area contributed by atoms with E-state index in [0.29, 0.717) is 17.8 Å². The van der Waals surface area contributed by atoms with E-state index >= 15 is 0 Å². The van der Waals surface area contributed by atoms with Gasteiger partial charge in [-0.05, 0) is 49.3 Å². The van der Waals surface area contributed by atoms with Crippen LogP contribution in [0.4, 0.5) is 5.69 Å². The first-order chi connectivity index (χ1) is 13.1. The number of fused-ring (bicyclic) bond motifs is 5. The van der Waals surface area contributed by atoms with Crippen LogP contribution in [0.1, 0.15) is 29.6 Å². The molecule has 0 radical (unpaired) electrons. The molecule has 0 aromatic heterocycles. The number of carbonyl (C=O) groups is 3. The molecule has 27 heavy (non-hydrogen) atoms. The van der Waals surface area contributed by atoms with Gasteiger partial charge >= 0.3 is 0 Å². The monoisotopic (exact) mass is 366 g/mol. The number of rotatable bonds is 4. The van der Waals surface area contributed by atoms with Crippen molar-refractivity contribution >= 4 is 23.4 Å². The Morgan fingerprint density at radius 2 is 1.89 bits per heavy atom. The number of amides is 3. The van der Waals surface area contributed by atoms with Crippen LogP contribution in [0.2, 0.25) is 0 Å². The second kappa shape index (κ2) is 6.30. The number of anilines is 1. The number of carbonyl (C=O) groups excluding carboxylic acids is 3. The first-order valence-electron chi connectivity index (χ1n) is 9.69. The quantitative estimate of drug-likeness (QED) is 0.652. The Hall–Kier alpha value is -2.47. The molecular weight excluding hydrogens is 344 g/mol. The summed E-state index contributed by atoms with van der Waals surface area (Å²) in [5, 5.41) is 2.88. The fraction of sp³-hybridized carbons (Fsp3) is 0.476. The lowest BCUT2D eigenvalue weighted by molar-refractivity contribution is -0.123. The van der Waals surface area contributed by atoms with Crippen LogP contribution in [0.3, 0.4) is 0 Å². The van der Waals surface area contributed by atoms with Crippen molar-refractivity contribution in [1.82, 2.24) is 5.32 Å². The maximum atomic E-state index is 12.9. The third kappa shape index (κ3) is 2.62. The van der Waals surface area contributed by atoms with Gasteiger partial charge in [0.05, 0.1) is 23.6 Å². The maximum Gasteiger partial charge on any atom is 0.251 e. The van der Waals surface area contributed by atoms with Crippen LogP contribution in [-0.4, -0.2) is 37.0 Å². The first-order valence-corrected chi connectivity index (χ1v) is 9.69. The van der Waals surface area contributed by atoms with Crippen LogP contribution in [0.15, 0.2) is 36.4 Å². The molecular formula is C21H22N2O4. The molecule has 0 spiro atoms. The van der Waals surface area contributed by atoms with Gasteiger partial charge in [0.2, 0.25) is 11.8 Å². The van der Waals surface area contributed by atoms with Gasteiger partial charge in [0, 0.05) is 18.7 Å². The lowest BCUT2D eigenvalue weighted by atomic mass is 9.85. The summed E-state index contributed by atoms with van der Waals surface area (Å²) in [5.41, 5.74) is 0.938. The summed E-state index contributed by atoms with van der Waals surface area (Å²) in [5.74, 6) is -0.571. The van der Waals surface area contributed by atoms with Gasteiger partial charge in [0.1, 0.15) is 0 Å². The fourth-order valence-electron chi connectivity index (χ4n) is 5.06. The highest BCUT2D eigenvalue weighted by molar-refractivity contribution is 6.23. The molecule has 5 atom stereocenters. The minimum absolute atomic E-state index is 0.0706.